The zero-order valence-corrected chi connectivity index (χ0v) is 17.5. The van der Waals surface area contributed by atoms with Gasteiger partial charge in [-0.3, -0.25) is 19.2 Å². The van der Waals surface area contributed by atoms with E-state index in [9.17, 15) is 19.2 Å². The smallest absolute Gasteiger partial charge is 0.326 e. The molecular formula is C23H22N2O6. The molecule has 3 rings (SSSR count). The van der Waals surface area contributed by atoms with Gasteiger partial charge in [0.15, 0.2) is 11.7 Å². The second-order valence-electron chi connectivity index (χ2n) is 6.84. The maximum atomic E-state index is 13.1. The summed E-state index contributed by atoms with van der Waals surface area (Å²) in [6.45, 7) is 5.19. The number of benzene rings is 1. The Morgan fingerprint density at radius 3 is 2.29 bits per heavy atom. The molecule has 0 atom stereocenters. The largest absolute Gasteiger partial charge is 0.465 e. The predicted molar refractivity (Wildman–Crippen MR) is 112 cm³/mol. The average molecular weight is 422 g/mol. The summed E-state index contributed by atoms with van der Waals surface area (Å²) in [6, 6.07) is 10.00. The summed E-state index contributed by atoms with van der Waals surface area (Å²) in [5, 5.41) is 0. The molecule has 0 aliphatic heterocycles. The van der Waals surface area contributed by atoms with E-state index >= 15 is 0 Å². The maximum Gasteiger partial charge on any atom is 0.326 e. The molecule has 0 spiro atoms. The summed E-state index contributed by atoms with van der Waals surface area (Å²) in [5.74, 6) is -3.96. The van der Waals surface area contributed by atoms with Gasteiger partial charge in [-0.15, -0.1) is 0 Å². The third-order valence-electron chi connectivity index (χ3n) is 4.73. The van der Waals surface area contributed by atoms with Crippen LogP contribution in [0.1, 0.15) is 58.3 Å². The number of aliphatic imine (C=N–C) groups is 1. The van der Waals surface area contributed by atoms with Crippen molar-refractivity contribution in [3.8, 4) is 0 Å². The number of carbonyl (C=O) groups is 4. The van der Waals surface area contributed by atoms with Crippen LogP contribution in [0, 0.1) is 6.92 Å². The van der Waals surface area contributed by atoms with Gasteiger partial charge in [0.05, 0.1) is 36.7 Å². The minimum atomic E-state index is -1.45. The molecule has 8 nitrogen and oxygen atoms in total. The number of aromatic nitrogens is 1. The highest BCUT2D eigenvalue weighted by atomic mass is 16.6. The molecule has 0 N–H and O–H groups in total. The molecule has 31 heavy (non-hydrogen) atoms. The van der Waals surface area contributed by atoms with E-state index in [2.05, 4.69) is 9.98 Å². The second-order valence-corrected chi connectivity index (χ2v) is 6.84. The van der Waals surface area contributed by atoms with E-state index in [4.69, 9.17) is 9.47 Å². The van der Waals surface area contributed by atoms with Crippen molar-refractivity contribution < 1.29 is 28.7 Å². The van der Waals surface area contributed by atoms with Gasteiger partial charge in [0.25, 0.3) is 0 Å². The van der Waals surface area contributed by atoms with Gasteiger partial charge in [0.2, 0.25) is 5.78 Å². The number of para-hydroxylation sites is 1. The van der Waals surface area contributed by atoms with Crippen LogP contribution in [0.15, 0.2) is 41.4 Å². The first kappa shape index (κ1) is 22.0. The molecule has 0 radical (unpaired) electrons. The van der Waals surface area contributed by atoms with Crippen molar-refractivity contribution in [2.75, 3.05) is 13.2 Å². The molecule has 0 fully saturated rings. The second kappa shape index (κ2) is 9.42. The van der Waals surface area contributed by atoms with Crippen LogP contribution in [0.2, 0.25) is 0 Å². The molecule has 0 saturated carbocycles. The van der Waals surface area contributed by atoms with E-state index in [0.717, 1.165) is 5.56 Å². The Morgan fingerprint density at radius 2 is 1.68 bits per heavy atom. The van der Waals surface area contributed by atoms with Gasteiger partial charge in [-0.1, -0.05) is 18.2 Å². The van der Waals surface area contributed by atoms with Gasteiger partial charge in [0.1, 0.15) is 5.69 Å². The predicted octanol–water partition coefficient (Wildman–Crippen LogP) is 3.14. The fourth-order valence-electron chi connectivity index (χ4n) is 3.21. The number of ether oxygens (including phenoxy) is 2. The van der Waals surface area contributed by atoms with Crippen LogP contribution < -0.4 is 0 Å². The van der Waals surface area contributed by atoms with Gasteiger partial charge < -0.3 is 9.47 Å². The molecule has 0 unspecified atom stereocenters. The summed E-state index contributed by atoms with van der Waals surface area (Å²) in [7, 11) is 0. The third-order valence-corrected chi connectivity index (χ3v) is 4.73. The first-order valence-electron chi connectivity index (χ1n) is 9.92. The number of hydrogen-bond acceptors (Lipinski definition) is 8. The molecule has 1 aromatic heterocycles. The lowest BCUT2D eigenvalue weighted by Gasteiger charge is -2.18. The summed E-state index contributed by atoms with van der Waals surface area (Å²) in [5.41, 5.74) is 1.46. The molecule has 160 valence electrons. The third kappa shape index (κ3) is 4.58. The van der Waals surface area contributed by atoms with E-state index in [0.29, 0.717) is 5.69 Å². The van der Waals surface area contributed by atoms with Crippen molar-refractivity contribution in [3.63, 3.8) is 0 Å². The van der Waals surface area contributed by atoms with Gasteiger partial charge in [-0.25, -0.2) is 9.98 Å². The van der Waals surface area contributed by atoms with Crippen LogP contribution >= 0.6 is 0 Å². The monoisotopic (exact) mass is 422 g/mol. The van der Waals surface area contributed by atoms with Crippen molar-refractivity contribution in [2.45, 2.75) is 33.1 Å². The number of Topliss-reactive ketones (excluding diaryl/α,β-unsaturated/α-hetero) is 2. The molecule has 8 heteroatoms. The van der Waals surface area contributed by atoms with E-state index in [1.165, 1.54) is 12.1 Å². The van der Waals surface area contributed by atoms with Crippen molar-refractivity contribution in [2.24, 2.45) is 4.99 Å². The fourth-order valence-corrected chi connectivity index (χ4v) is 3.21. The van der Waals surface area contributed by atoms with Crippen molar-refractivity contribution in [3.05, 3.63) is 58.9 Å². The van der Waals surface area contributed by atoms with Crippen LogP contribution in [0.4, 0.5) is 5.69 Å². The zero-order valence-electron chi connectivity index (χ0n) is 17.5. The summed E-state index contributed by atoms with van der Waals surface area (Å²) in [4.78, 5) is 59.0. The quantitative estimate of drug-likeness (QED) is 0.519. The maximum absolute atomic E-state index is 13.1. The highest BCUT2D eigenvalue weighted by Crippen LogP contribution is 2.26. The standard InChI is InChI=1S/C23H22N2O6/c1-4-30-22(28)19(23(29)31-5-2)16-11-10-14-18(26)12-17(21(27)20(14)25-16)24-15-9-7-6-8-13(15)3/h6-11,19H,4-5,12H2,1-3H3. The first-order chi connectivity index (χ1) is 14.9. The Morgan fingerprint density at radius 1 is 1.03 bits per heavy atom. The SMILES string of the molecule is CCOC(=O)C(C(=O)OCC)c1ccc2c(n1)C(=O)C(=Nc1ccccc1C)CC2=O. The van der Waals surface area contributed by atoms with Gasteiger partial charge in [-0.2, -0.15) is 0 Å². The molecule has 1 aliphatic rings. The number of esters is 2. The number of hydrogen-bond donors (Lipinski definition) is 0. The first-order valence-corrected chi connectivity index (χ1v) is 9.92. The topological polar surface area (TPSA) is 112 Å². The van der Waals surface area contributed by atoms with E-state index in [-0.39, 0.29) is 48.1 Å². The van der Waals surface area contributed by atoms with Crippen molar-refractivity contribution >= 4 is 34.9 Å². The van der Waals surface area contributed by atoms with Gasteiger partial charge >= 0.3 is 11.9 Å². The number of pyridine rings is 1. The molecular weight excluding hydrogens is 400 g/mol. The lowest BCUT2D eigenvalue weighted by Crippen LogP contribution is -2.31. The van der Waals surface area contributed by atoms with Crippen molar-refractivity contribution in [1.29, 1.82) is 0 Å². The highest BCUT2D eigenvalue weighted by Gasteiger charge is 2.36. The molecule has 1 aliphatic carbocycles. The molecule has 1 aromatic carbocycles. The number of carbonyl (C=O) groups excluding carboxylic acids is 4. The molecule has 0 amide bonds. The van der Waals surface area contributed by atoms with E-state index in [1.54, 1.807) is 26.0 Å². The van der Waals surface area contributed by atoms with Gasteiger partial charge in [-0.05, 0) is 44.5 Å². The van der Waals surface area contributed by atoms with Gasteiger partial charge in [0, 0.05) is 5.56 Å². The van der Waals surface area contributed by atoms with Crippen LogP contribution in [-0.2, 0) is 19.1 Å². The van der Waals surface area contributed by atoms with Crippen molar-refractivity contribution in [1.82, 2.24) is 4.98 Å². The average Bonchev–Trinajstić information content (AvgIpc) is 2.74. The lowest BCUT2D eigenvalue weighted by molar-refractivity contribution is -0.157. The Bertz CT molecular complexity index is 1070. The van der Waals surface area contributed by atoms with Crippen LogP contribution in [0.25, 0.3) is 0 Å². The number of rotatable bonds is 6. The number of fused-ring (bicyclic) bond motifs is 1. The molecule has 2 aromatic rings. The minimum absolute atomic E-state index is 0.0195. The number of ketones is 2. The molecule has 1 heterocycles. The minimum Gasteiger partial charge on any atom is -0.465 e. The Labute approximate surface area is 179 Å². The number of aryl methyl sites for hydroxylation is 1. The van der Waals surface area contributed by atoms with Crippen LogP contribution in [0.3, 0.4) is 0 Å². The molecule has 0 bridgehead atoms. The Hall–Kier alpha value is -3.68. The van der Waals surface area contributed by atoms with Crippen LogP contribution in [-0.4, -0.2) is 47.4 Å². The lowest BCUT2D eigenvalue weighted by atomic mass is 9.90. The van der Waals surface area contributed by atoms with E-state index in [1.807, 2.05) is 19.1 Å². The zero-order chi connectivity index (χ0) is 22.5. The normalized spacial score (nSPS) is 14.5. The summed E-state index contributed by atoms with van der Waals surface area (Å²) < 4.78 is 9.95. The fraction of sp³-hybridized carbons (Fsp3) is 0.304. The number of nitrogens with zero attached hydrogens (tertiary/aromatic N) is 2. The molecule has 0 saturated heterocycles. The van der Waals surface area contributed by atoms with Crippen LogP contribution in [0.5, 0.6) is 0 Å². The Kier molecular flexibility index (Phi) is 6.69. The summed E-state index contributed by atoms with van der Waals surface area (Å²) >= 11 is 0. The summed E-state index contributed by atoms with van der Waals surface area (Å²) in [6.07, 6.45) is -0.152. The Balaban J connectivity index is 2.05. The highest BCUT2D eigenvalue weighted by molar-refractivity contribution is 6.52. The van der Waals surface area contributed by atoms with E-state index < -0.39 is 23.6 Å².